The highest BCUT2D eigenvalue weighted by Crippen LogP contribution is 2.32. The lowest BCUT2D eigenvalue weighted by Gasteiger charge is -2.09. The summed E-state index contributed by atoms with van der Waals surface area (Å²) in [6, 6.07) is 20.5. The van der Waals surface area contributed by atoms with Crippen molar-refractivity contribution in [3.8, 4) is 11.5 Å². The van der Waals surface area contributed by atoms with E-state index in [2.05, 4.69) is 0 Å². The Morgan fingerprint density at radius 1 is 0.821 bits per heavy atom. The molecule has 0 aliphatic rings. The van der Waals surface area contributed by atoms with E-state index < -0.39 is 0 Å². The zero-order chi connectivity index (χ0) is 19.9. The number of allylic oxidation sites excluding steroid dienone is 1. The van der Waals surface area contributed by atoms with Gasteiger partial charge in [0.2, 0.25) is 0 Å². The number of thioether (sulfide) groups is 1. The first-order chi connectivity index (χ1) is 13.6. The zero-order valence-corrected chi connectivity index (χ0v) is 16.3. The first kappa shape index (κ1) is 19.7. The number of ketones is 1. The Hall–Kier alpha value is -3.05. The summed E-state index contributed by atoms with van der Waals surface area (Å²) >= 11 is 1.30. The average molecular weight is 394 g/mol. The van der Waals surface area contributed by atoms with Gasteiger partial charge in [-0.15, -0.1) is 0 Å². The molecule has 3 nitrogen and oxygen atoms in total. The molecule has 0 aromatic heterocycles. The molecular formula is C23H19FO3S. The largest absolute Gasteiger partial charge is 0.497 e. The second kappa shape index (κ2) is 9.24. The summed E-state index contributed by atoms with van der Waals surface area (Å²) in [5.74, 6) is 0.995. The lowest BCUT2D eigenvalue weighted by atomic mass is 10.1. The van der Waals surface area contributed by atoms with Gasteiger partial charge in [0.25, 0.3) is 0 Å². The number of carbonyl (C=O) groups excluding carboxylic acids is 1. The molecule has 0 radical (unpaired) electrons. The van der Waals surface area contributed by atoms with Crippen molar-refractivity contribution in [2.75, 3.05) is 14.2 Å². The second-order valence-electron chi connectivity index (χ2n) is 5.90. The van der Waals surface area contributed by atoms with Crippen LogP contribution in [0.3, 0.4) is 0 Å². The Labute approximate surface area is 167 Å². The molecule has 28 heavy (non-hydrogen) atoms. The fourth-order valence-electron chi connectivity index (χ4n) is 2.51. The van der Waals surface area contributed by atoms with Gasteiger partial charge in [-0.2, -0.15) is 0 Å². The summed E-state index contributed by atoms with van der Waals surface area (Å²) in [5.41, 5.74) is 1.42. The van der Waals surface area contributed by atoms with Gasteiger partial charge in [-0.1, -0.05) is 23.9 Å². The topological polar surface area (TPSA) is 35.5 Å². The van der Waals surface area contributed by atoms with E-state index in [9.17, 15) is 9.18 Å². The third kappa shape index (κ3) is 5.02. The summed E-state index contributed by atoms with van der Waals surface area (Å²) < 4.78 is 23.6. The van der Waals surface area contributed by atoms with Crippen LogP contribution in [0.15, 0.2) is 82.6 Å². The van der Waals surface area contributed by atoms with E-state index in [1.165, 1.54) is 23.9 Å². The highest BCUT2D eigenvalue weighted by Gasteiger charge is 2.15. The Morgan fingerprint density at radius 2 is 1.36 bits per heavy atom. The molecule has 3 aromatic rings. The molecule has 5 heteroatoms. The molecule has 0 atom stereocenters. The maximum absolute atomic E-state index is 13.2. The molecule has 0 unspecified atom stereocenters. The summed E-state index contributed by atoms with van der Waals surface area (Å²) in [6.07, 6.45) is 1.82. The van der Waals surface area contributed by atoms with Gasteiger partial charge in [0, 0.05) is 10.5 Å². The van der Waals surface area contributed by atoms with Gasteiger partial charge in [0.15, 0.2) is 5.78 Å². The summed E-state index contributed by atoms with van der Waals surface area (Å²) in [5, 5.41) is 0. The lowest BCUT2D eigenvalue weighted by Crippen LogP contribution is -2.01. The summed E-state index contributed by atoms with van der Waals surface area (Å²) in [7, 11) is 3.18. The number of rotatable bonds is 7. The number of ether oxygens (including phenoxy) is 2. The molecular weight excluding hydrogens is 375 g/mol. The van der Waals surface area contributed by atoms with Crippen LogP contribution in [0.25, 0.3) is 6.08 Å². The van der Waals surface area contributed by atoms with E-state index in [1.807, 2.05) is 30.3 Å². The molecule has 0 bridgehead atoms. The van der Waals surface area contributed by atoms with E-state index in [1.54, 1.807) is 50.6 Å². The van der Waals surface area contributed by atoms with Gasteiger partial charge in [-0.25, -0.2) is 4.39 Å². The van der Waals surface area contributed by atoms with Crippen molar-refractivity contribution in [1.82, 2.24) is 0 Å². The van der Waals surface area contributed by atoms with E-state index in [4.69, 9.17) is 9.47 Å². The summed E-state index contributed by atoms with van der Waals surface area (Å²) in [6.45, 7) is 0. The van der Waals surface area contributed by atoms with Crippen LogP contribution >= 0.6 is 11.8 Å². The zero-order valence-electron chi connectivity index (χ0n) is 15.5. The monoisotopic (exact) mass is 394 g/mol. The number of hydrogen-bond acceptors (Lipinski definition) is 4. The molecule has 3 rings (SSSR count). The minimum Gasteiger partial charge on any atom is -0.497 e. The third-order valence-corrected chi connectivity index (χ3v) is 5.06. The van der Waals surface area contributed by atoms with Crippen LogP contribution in [0.5, 0.6) is 11.5 Å². The number of methoxy groups -OCH3 is 2. The molecule has 0 saturated carbocycles. The molecule has 0 aliphatic carbocycles. The van der Waals surface area contributed by atoms with Crippen molar-refractivity contribution >= 4 is 23.6 Å². The maximum atomic E-state index is 13.2. The van der Waals surface area contributed by atoms with E-state index in [0.29, 0.717) is 16.2 Å². The Bertz CT molecular complexity index is 962. The maximum Gasteiger partial charge on any atom is 0.199 e. The lowest BCUT2D eigenvalue weighted by molar-refractivity contribution is 0.104. The molecule has 0 amide bonds. The fraction of sp³-hybridized carbons (Fsp3) is 0.0870. The van der Waals surface area contributed by atoms with E-state index in [-0.39, 0.29) is 11.6 Å². The Kier molecular flexibility index (Phi) is 6.50. The third-order valence-electron chi connectivity index (χ3n) is 4.03. The number of carbonyl (C=O) groups is 1. The first-order valence-electron chi connectivity index (χ1n) is 8.57. The van der Waals surface area contributed by atoms with Crippen LogP contribution < -0.4 is 9.47 Å². The molecule has 0 aliphatic heterocycles. The number of benzene rings is 3. The van der Waals surface area contributed by atoms with Crippen molar-refractivity contribution in [2.24, 2.45) is 0 Å². The minimum absolute atomic E-state index is 0.118. The molecule has 0 spiro atoms. The number of hydrogen-bond donors (Lipinski definition) is 0. The van der Waals surface area contributed by atoms with Crippen molar-refractivity contribution in [3.63, 3.8) is 0 Å². The van der Waals surface area contributed by atoms with Crippen LogP contribution in [-0.2, 0) is 0 Å². The number of halogens is 1. The highest BCUT2D eigenvalue weighted by molar-refractivity contribution is 8.04. The molecule has 0 fully saturated rings. The van der Waals surface area contributed by atoms with Crippen LogP contribution in [0.2, 0.25) is 0 Å². The average Bonchev–Trinajstić information content (AvgIpc) is 2.75. The predicted molar refractivity (Wildman–Crippen MR) is 111 cm³/mol. The van der Waals surface area contributed by atoms with Crippen LogP contribution in [0, 0.1) is 5.82 Å². The van der Waals surface area contributed by atoms with Gasteiger partial charge in [-0.3, -0.25) is 4.79 Å². The van der Waals surface area contributed by atoms with Gasteiger partial charge in [-0.05, 0) is 72.3 Å². The van der Waals surface area contributed by atoms with Crippen LogP contribution in [0.4, 0.5) is 4.39 Å². The highest BCUT2D eigenvalue weighted by atomic mass is 32.2. The van der Waals surface area contributed by atoms with Gasteiger partial charge in [0.05, 0.1) is 19.1 Å². The summed E-state index contributed by atoms with van der Waals surface area (Å²) in [4.78, 5) is 14.4. The quantitative estimate of drug-likeness (QED) is 0.286. The van der Waals surface area contributed by atoms with E-state index in [0.717, 1.165) is 16.2 Å². The Morgan fingerprint density at radius 3 is 1.89 bits per heavy atom. The SMILES string of the molecule is COc1ccc(C=C(Sc2ccc(F)cc2)C(=O)c2ccc(OC)cc2)cc1. The molecule has 0 heterocycles. The fourth-order valence-corrected chi connectivity index (χ4v) is 3.44. The van der Waals surface area contributed by atoms with Crippen molar-refractivity contribution < 1.29 is 18.7 Å². The normalized spacial score (nSPS) is 11.2. The van der Waals surface area contributed by atoms with Gasteiger partial charge >= 0.3 is 0 Å². The molecule has 0 N–H and O–H groups in total. The minimum atomic E-state index is -0.313. The van der Waals surface area contributed by atoms with E-state index >= 15 is 0 Å². The first-order valence-corrected chi connectivity index (χ1v) is 9.38. The van der Waals surface area contributed by atoms with Gasteiger partial charge in [0.1, 0.15) is 17.3 Å². The van der Waals surface area contributed by atoms with Crippen molar-refractivity contribution in [1.29, 1.82) is 0 Å². The smallest absolute Gasteiger partial charge is 0.199 e. The molecule has 3 aromatic carbocycles. The van der Waals surface area contributed by atoms with Gasteiger partial charge < -0.3 is 9.47 Å². The Balaban J connectivity index is 1.95. The standard InChI is InChI=1S/C23H19FO3S/c1-26-19-9-3-16(4-10-19)15-22(28-21-13-7-18(24)8-14-21)23(25)17-5-11-20(27-2)12-6-17/h3-15H,1-2H3. The van der Waals surface area contributed by atoms with Crippen molar-refractivity contribution in [3.05, 3.63) is 94.6 Å². The van der Waals surface area contributed by atoms with Crippen LogP contribution in [0.1, 0.15) is 15.9 Å². The molecule has 142 valence electrons. The molecule has 0 saturated heterocycles. The van der Waals surface area contributed by atoms with Crippen LogP contribution in [-0.4, -0.2) is 20.0 Å². The van der Waals surface area contributed by atoms with Crippen molar-refractivity contribution in [2.45, 2.75) is 4.90 Å². The predicted octanol–water partition coefficient (Wildman–Crippen LogP) is 5.86. The number of Topliss-reactive ketones (excluding diaryl/α,β-unsaturated/α-hetero) is 1. The second-order valence-corrected chi connectivity index (χ2v) is 7.01.